The van der Waals surface area contributed by atoms with Crippen molar-refractivity contribution in [2.75, 3.05) is 5.73 Å². The molecule has 0 radical (unpaired) electrons. The number of nitrogen functional groups attached to an aromatic ring is 1. The first-order valence-electron chi connectivity index (χ1n) is 5.60. The van der Waals surface area contributed by atoms with Gasteiger partial charge in [0.2, 0.25) is 0 Å². The Hall–Kier alpha value is -1.76. The van der Waals surface area contributed by atoms with Crippen LogP contribution >= 0.6 is 0 Å². The van der Waals surface area contributed by atoms with Crippen molar-refractivity contribution in [2.45, 2.75) is 12.8 Å². The van der Waals surface area contributed by atoms with Crippen molar-refractivity contribution in [2.24, 2.45) is 0 Å². The Labute approximate surface area is 92.0 Å². The average molecular weight is 198 g/mol. The van der Waals surface area contributed by atoms with Gasteiger partial charge in [-0.05, 0) is 17.2 Å². The molecule has 2 rings (SSSR count). The molecule has 1 heteroatoms. The van der Waals surface area contributed by atoms with Crippen molar-refractivity contribution < 1.29 is 1.37 Å². The van der Waals surface area contributed by atoms with Gasteiger partial charge < -0.3 is 5.73 Å². The van der Waals surface area contributed by atoms with E-state index in [0.29, 0.717) is 11.7 Å². The molecule has 0 amide bonds. The molecule has 0 saturated carbocycles. The van der Waals surface area contributed by atoms with Crippen LogP contribution in [0.4, 0.5) is 5.69 Å². The second kappa shape index (κ2) is 4.18. The van der Waals surface area contributed by atoms with Gasteiger partial charge in [0.15, 0.2) is 0 Å². The highest BCUT2D eigenvalue weighted by Gasteiger charge is 2.09. The molecule has 1 nitrogen and oxygen atoms in total. The lowest BCUT2D eigenvalue weighted by Crippen LogP contribution is -2.00. The van der Waals surface area contributed by atoms with Crippen molar-refractivity contribution >= 4 is 5.69 Å². The fourth-order valence-electron chi connectivity index (χ4n) is 1.75. The van der Waals surface area contributed by atoms with Crippen LogP contribution in [0.2, 0.25) is 0 Å². The maximum atomic E-state index is 7.91. The lowest BCUT2D eigenvalue weighted by molar-refractivity contribution is 0.926. The largest absolute Gasteiger partial charge is 0.398 e. The number of benzene rings is 2. The minimum Gasteiger partial charge on any atom is -0.398 e. The van der Waals surface area contributed by atoms with Crippen LogP contribution in [-0.2, 0) is 0 Å². The van der Waals surface area contributed by atoms with E-state index < -0.39 is 0 Å². The van der Waals surface area contributed by atoms with Crippen molar-refractivity contribution in [3.8, 4) is 0 Å². The quantitative estimate of drug-likeness (QED) is 0.735. The molecular weight excluding hydrogens is 182 g/mol. The number of para-hydroxylation sites is 1. The third-order valence-corrected chi connectivity index (χ3v) is 2.65. The Balaban J connectivity index is 2.46. The average Bonchev–Trinajstić information content (AvgIpc) is 2.30. The van der Waals surface area contributed by atoms with Crippen molar-refractivity contribution in [1.29, 1.82) is 0 Å². The van der Waals surface area contributed by atoms with Crippen LogP contribution in [0, 0.1) is 0 Å². The standard InChI is InChI=1S/C14H15N/c1-11(12-7-3-2-4-8-12)13-9-5-6-10-14(13)15/h2-11H,15H2,1H3/i9D. The zero-order valence-corrected chi connectivity index (χ0v) is 8.77. The van der Waals surface area contributed by atoms with Gasteiger partial charge in [0.25, 0.3) is 0 Å². The monoisotopic (exact) mass is 198 g/mol. The molecule has 0 saturated heterocycles. The summed E-state index contributed by atoms with van der Waals surface area (Å²) in [7, 11) is 0. The van der Waals surface area contributed by atoms with E-state index >= 15 is 0 Å². The highest BCUT2D eigenvalue weighted by atomic mass is 14.6. The lowest BCUT2D eigenvalue weighted by atomic mass is 9.92. The number of rotatable bonds is 2. The fraction of sp³-hybridized carbons (Fsp3) is 0.143. The highest BCUT2D eigenvalue weighted by Crippen LogP contribution is 2.27. The molecule has 2 aromatic carbocycles. The van der Waals surface area contributed by atoms with E-state index in [0.717, 1.165) is 5.56 Å². The smallest absolute Gasteiger partial charge is 0.0627 e. The summed E-state index contributed by atoms with van der Waals surface area (Å²) in [6, 6.07) is 16.1. The third-order valence-electron chi connectivity index (χ3n) is 2.65. The first-order chi connectivity index (χ1) is 7.70. The summed E-state index contributed by atoms with van der Waals surface area (Å²) < 4.78 is 7.91. The molecule has 1 atom stereocenters. The van der Waals surface area contributed by atoms with Gasteiger partial charge in [-0.15, -0.1) is 0 Å². The highest BCUT2D eigenvalue weighted by molar-refractivity contribution is 5.51. The molecule has 0 aromatic heterocycles. The number of hydrogen-bond donors (Lipinski definition) is 1. The molecule has 15 heavy (non-hydrogen) atoms. The van der Waals surface area contributed by atoms with E-state index in [1.807, 2.05) is 30.3 Å². The van der Waals surface area contributed by atoms with Crippen LogP contribution in [-0.4, -0.2) is 0 Å². The van der Waals surface area contributed by atoms with Crippen molar-refractivity contribution in [3.63, 3.8) is 0 Å². The summed E-state index contributed by atoms with van der Waals surface area (Å²) in [5, 5.41) is 0. The van der Waals surface area contributed by atoms with E-state index in [-0.39, 0.29) is 5.92 Å². The maximum Gasteiger partial charge on any atom is 0.0627 e. The Kier molecular flexibility index (Phi) is 2.38. The predicted octanol–water partition coefficient (Wildman–Crippen LogP) is 3.42. The van der Waals surface area contributed by atoms with Crippen LogP contribution in [0.25, 0.3) is 0 Å². The van der Waals surface area contributed by atoms with Crippen LogP contribution in [0.3, 0.4) is 0 Å². The lowest BCUT2D eigenvalue weighted by Gasteiger charge is -2.14. The molecule has 2 N–H and O–H groups in total. The van der Waals surface area contributed by atoms with Gasteiger partial charge in [0, 0.05) is 11.6 Å². The summed E-state index contributed by atoms with van der Waals surface area (Å²) in [6.45, 7) is 2.08. The second-order valence-electron chi connectivity index (χ2n) is 3.67. The Bertz CT molecular complexity index is 459. The third kappa shape index (κ3) is 2.01. The molecule has 1 unspecified atom stereocenters. The summed E-state index contributed by atoms with van der Waals surface area (Å²) in [5.74, 6) is 0.162. The van der Waals surface area contributed by atoms with Crippen molar-refractivity contribution in [3.05, 3.63) is 65.7 Å². The van der Waals surface area contributed by atoms with Gasteiger partial charge in [-0.2, -0.15) is 0 Å². The van der Waals surface area contributed by atoms with E-state index in [1.54, 1.807) is 6.07 Å². The minimum atomic E-state index is 0.162. The predicted molar refractivity (Wildman–Crippen MR) is 64.8 cm³/mol. The molecule has 0 aliphatic heterocycles. The first-order valence-corrected chi connectivity index (χ1v) is 5.10. The van der Waals surface area contributed by atoms with Gasteiger partial charge in [-0.1, -0.05) is 55.4 Å². The fourth-order valence-corrected chi connectivity index (χ4v) is 1.75. The molecule has 0 fully saturated rings. The maximum absolute atomic E-state index is 7.91. The summed E-state index contributed by atoms with van der Waals surface area (Å²) >= 11 is 0. The Morgan fingerprint density at radius 2 is 1.73 bits per heavy atom. The zero-order chi connectivity index (χ0) is 11.5. The van der Waals surface area contributed by atoms with Crippen LogP contribution < -0.4 is 5.73 Å². The zero-order valence-electron chi connectivity index (χ0n) is 9.77. The van der Waals surface area contributed by atoms with Gasteiger partial charge in [-0.3, -0.25) is 0 Å². The molecule has 0 aliphatic carbocycles. The van der Waals surface area contributed by atoms with E-state index in [1.165, 1.54) is 5.56 Å². The summed E-state index contributed by atoms with van der Waals surface area (Å²) in [4.78, 5) is 0. The number of nitrogens with two attached hydrogens (primary N) is 1. The number of hydrogen-bond acceptors (Lipinski definition) is 1. The second-order valence-corrected chi connectivity index (χ2v) is 3.67. The van der Waals surface area contributed by atoms with Gasteiger partial charge in [0.05, 0.1) is 1.37 Å². The SMILES string of the molecule is [2H]c1cccc(N)c1C(C)c1ccccc1. The topological polar surface area (TPSA) is 26.0 Å². The Morgan fingerprint density at radius 3 is 2.40 bits per heavy atom. The molecule has 0 spiro atoms. The van der Waals surface area contributed by atoms with E-state index in [2.05, 4.69) is 19.1 Å². The number of anilines is 1. The van der Waals surface area contributed by atoms with Crippen LogP contribution in [0.5, 0.6) is 0 Å². The Morgan fingerprint density at radius 1 is 1.07 bits per heavy atom. The normalized spacial score (nSPS) is 13.3. The molecule has 2 aromatic rings. The van der Waals surface area contributed by atoms with E-state index in [4.69, 9.17) is 7.10 Å². The van der Waals surface area contributed by atoms with Gasteiger partial charge in [0.1, 0.15) is 0 Å². The molecule has 0 heterocycles. The molecular formula is C14H15N. The van der Waals surface area contributed by atoms with Crippen LogP contribution in [0.15, 0.2) is 54.6 Å². The summed E-state index contributed by atoms with van der Waals surface area (Å²) in [6.07, 6.45) is 0. The minimum absolute atomic E-state index is 0.162. The molecule has 0 bridgehead atoms. The van der Waals surface area contributed by atoms with Gasteiger partial charge in [-0.25, -0.2) is 0 Å². The van der Waals surface area contributed by atoms with E-state index in [9.17, 15) is 0 Å². The van der Waals surface area contributed by atoms with Crippen LogP contribution in [0.1, 0.15) is 25.3 Å². The molecule has 76 valence electrons. The first kappa shape index (κ1) is 8.54. The molecule has 0 aliphatic rings. The summed E-state index contributed by atoms with van der Waals surface area (Å²) in [5.41, 5.74) is 8.74. The van der Waals surface area contributed by atoms with Crippen molar-refractivity contribution in [1.82, 2.24) is 0 Å². The van der Waals surface area contributed by atoms with Gasteiger partial charge >= 0.3 is 0 Å².